The molecule has 0 heterocycles. The quantitative estimate of drug-likeness (QED) is 0.312. The molecule has 0 atom stereocenters. The van der Waals surface area contributed by atoms with Crippen molar-refractivity contribution in [2.75, 3.05) is 4.91 Å². The van der Waals surface area contributed by atoms with Crippen LogP contribution < -0.4 is 0 Å². The summed E-state index contributed by atoms with van der Waals surface area (Å²) in [4.78, 5) is -0.172. The average molecular weight is 178 g/mol. The van der Waals surface area contributed by atoms with Crippen molar-refractivity contribution in [3.63, 3.8) is 0 Å². The van der Waals surface area contributed by atoms with Gasteiger partial charge in [0.2, 0.25) is 0 Å². The van der Waals surface area contributed by atoms with Crippen molar-refractivity contribution in [2.45, 2.75) is 0 Å². The molecule has 0 amide bonds. The van der Waals surface area contributed by atoms with Gasteiger partial charge < -0.3 is 0 Å². The Labute approximate surface area is 39.3 Å². The molecule has 0 aliphatic rings. The molecule has 0 aliphatic heterocycles. The molecule has 0 N–H and O–H groups in total. The predicted octanol–water partition coefficient (Wildman–Crippen LogP) is 0.555. The van der Waals surface area contributed by atoms with Crippen LogP contribution in [-0.2, 0) is 0 Å². The minimum absolute atomic E-state index is 0.172. The zero-order chi connectivity index (χ0) is 5.86. The fraction of sp³-hybridized carbons (Fsp3) is 1.00. The van der Waals surface area contributed by atoms with Crippen molar-refractivity contribution < 1.29 is 5.69 Å². The Morgan fingerprint density at radius 3 is 4.00 bits per heavy atom. The van der Waals surface area contributed by atoms with E-state index in [1.165, 1.54) is 0 Å². The molecule has 0 nitrogen and oxygen atoms in total. The van der Waals surface area contributed by atoms with E-state index in [1.54, 1.807) is 0 Å². The summed E-state index contributed by atoms with van der Waals surface area (Å²) in [5.74, 6) is 0. The monoisotopic (exact) mass is 178 g/mol. The van der Waals surface area contributed by atoms with Crippen molar-refractivity contribution in [1.82, 2.24) is 0 Å². The first kappa shape index (κ1) is 1.45. The van der Waals surface area contributed by atoms with Gasteiger partial charge in [-0.3, -0.25) is 0 Å². The van der Waals surface area contributed by atoms with Crippen LogP contribution in [0.15, 0.2) is 0 Å². The predicted molar refractivity (Wildman–Crippen MR) is 29.6 cm³/mol. The van der Waals surface area contributed by atoms with Crippen molar-refractivity contribution >= 4 is 26.2 Å². The zero-order valence-electron chi connectivity index (χ0n) is 5.04. The van der Waals surface area contributed by atoms with Gasteiger partial charge in [0.25, 0.3) is 0 Å². The van der Waals surface area contributed by atoms with Crippen molar-refractivity contribution in [3.8, 4) is 0 Å². The Morgan fingerprint density at radius 1 is 3.25 bits per heavy atom. The Balaban J connectivity index is 3.14. The van der Waals surface area contributed by atoms with E-state index < -0.39 is 26.2 Å². The molecule has 0 radical (unpaired) electrons. The number of halogens is 2. The van der Waals surface area contributed by atoms with E-state index in [4.69, 9.17) is 3.30 Å². The van der Waals surface area contributed by atoms with E-state index in [9.17, 15) is 4.32 Å². The molecule has 0 rings (SSSR count). The van der Waals surface area contributed by atoms with Gasteiger partial charge in [-0.15, -0.1) is 0 Å². The van der Waals surface area contributed by atoms with E-state index >= 15 is 0 Å². The number of rotatable bonds is 1. The van der Waals surface area contributed by atoms with E-state index in [1.807, 2.05) is 0 Å². The Kier molecular flexibility index (Phi) is 1.35. The zero-order valence-corrected chi connectivity index (χ0v) is 4.20. The van der Waals surface area contributed by atoms with Crippen molar-refractivity contribution in [1.29, 1.82) is 1.93 Å². The van der Waals surface area contributed by atoms with Gasteiger partial charge in [0, 0.05) is 0 Å². The summed E-state index contributed by atoms with van der Waals surface area (Å²) >= 11 is -2.49. The van der Waals surface area contributed by atoms with Gasteiger partial charge in [-0.25, -0.2) is 0 Å². The first-order valence-electron chi connectivity index (χ1n) is 2.37. The fourth-order valence-corrected chi connectivity index (χ4v) is 0. The molecule has 0 fully saturated rings. The molecular weight excluding hydrogens is 169 g/mol. The third kappa shape index (κ3) is 2.72. The molecule has 0 saturated heterocycles. The van der Waals surface area contributed by atoms with Crippen LogP contribution >= 0.6 is 20.8 Å². The topological polar surface area (TPSA) is 0 Å². The van der Waals surface area contributed by atoms with E-state index in [2.05, 4.69) is 0 Å². The summed E-state index contributed by atoms with van der Waals surface area (Å²) in [6.07, 6.45) is 0. The molecule has 0 aromatic heterocycles. The van der Waals surface area contributed by atoms with Gasteiger partial charge in [0.1, 0.15) is 0 Å². The van der Waals surface area contributed by atoms with Gasteiger partial charge >= 0.3 is 38.7 Å². The number of hydrogen-bond acceptors (Lipinski definition) is 0. The molecule has 0 bridgehead atoms. The van der Waals surface area contributed by atoms with E-state index in [0.717, 1.165) is 0 Å². The molecule has 26 valence electrons. The van der Waals surface area contributed by atoms with Gasteiger partial charge in [0.05, 0.1) is 0 Å². The second kappa shape index (κ2) is 3.72. The molecule has 0 aliphatic carbocycles. The second-order valence-corrected chi connectivity index (χ2v) is 1.59. The summed E-state index contributed by atoms with van der Waals surface area (Å²) < 4.78 is 30.9. The van der Waals surface area contributed by atoms with Crippen LogP contribution in [0.4, 0.5) is 4.32 Å². The van der Waals surface area contributed by atoms with Gasteiger partial charge in [-0.2, -0.15) is 0 Å². The molecule has 0 unspecified atom stereocenters. The average Bonchev–Trinajstić information content (AvgIpc) is 1.65. The van der Waals surface area contributed by atoms with Crippen LogP contribution in [-0.4, -0.2) is 12.2 Å². The molecule has 4 heavy (non-hydrogen) atoms. The van der Waals surface area contributed by atoms with E-state index in [0.29, 0.717) is 0 Å². The summed E-state index contributed by atoms with van der Waals surface area (Å²) in [6, 6.07) is 0. The van der Waals surface area contributed by atoms with Crippen LogP contribution in [0.5, 0.6) is 0 Å². The maximum absolute atomic E-state index is 11.5. The first-order valence-corrected chi connectivity index (χ1v) is 3.47. The Morgan fingerprint density at radius 2 is 4.00 bits per heavy atom. The molecule has 0 aromatic carbocycles. The molecule has 0 spiro atoms. The molecular formula is CH5BFI. The SMILES string of the molecule is [2H]B(F)I([2H])C[3H]. The summed E-state index contributed by atoms with van der Waals surface area (Å²) in [6.45, 7) is 0. The second-order valence-electron chi connectivity index (χ2n) is 0.237. The van der Waals surface area contributed by atoms with Gasteiger partial charge in [-0.05, 0) is 0 Å². The third-order valence-corrected chi connectivity index (χ3v) is 0.391. The first-order chi connectivity index (χ1) is 3.18. The van der Waals surface area contributed by atoms with Gasteiger partial charge in [0.15, 0.2) is 0 Å². The molecule has 3 heteroatoms. The standard InChI is InChI=1S/CH5BFI/c1-4-2-3/h2,4H,1H3/i1T,2D,4D. The normalized spacial score (nSPS) is 20.2. The molecule has 0 saturated carbocycles. The fourth-order valence-electron chi connectivity index (χ4n) is 0. The summed E-state index contributed by atoms with van der Waals surface area (Å²) in [5, 5.41) is -1.75. The van der Waals surface area contributed by atoms with Crippen LogP contribution in [0.25, 0.3) is 0 Å². The third-order valence-electron chi connectivity index (χ3n) is 0.0583. The van der Waals surface area contributed by atoms with Crippen LogP contribution in [0.2, 0.25) is 0 Å². The Hall–Kier alpha value is 0.725. The van der Waals surface area contributed by atoms with Gasteiger partial charge in [-0.1, -0.05) is 0 Å². The van der Waals surface area contributed by atoms with Crippen molar-refractivity contribution in [2.24, 2.45) is 0 Å². The summed E-state index contributed by atoms with van der Waals surface area (Å²) in [5.41, 5.74) is 0. The van der Waals surface area contributed by atoms with Crippen LogP contribution in [0.3, 0.4) is 0 Å². The molecule has 0 aromatic rings. The maximum atomic E-state index is 11.5. The number of hydrogen-bond donors (Lipinski definition) is 0. The van der Waals surface area contributed by atoms with Crippen molar-refractivity contribution in [3.05, 3.63) is 0 Å². The van der Waals surface area contributed by atoms with Crippen LogP contribution in [0.1, 0.15) is 1.37 Å². The number of alkyl halides is 1. The minimum atomic E-state index is -2.49. The van der Waals surface area contributed by atoms with Crippen LogP contribution in [0, 0.1) is 0 Å². The Bertz CT molecular complexity index is 52.2. The summed E-state index contributed by atoms with van der Waals surface area (Å²) in [7, 11) is 0. The van der Waals surface area contributed by atoms with E-state index in [-0.39, 0.29) is 4.91 Å².